The molecule has 6 rings (SSSR count). The van der Waals surface area contributed by atoms with Gasteiger partial charge in [-0.05, 0) is 42.8 Å². The molecule has 2 aromatic heterocycles. The van der Waals surface area contributed by atoms with Crippen LogP contribution < -0.4 is 14.8 Å². The van der Waals surface area contributed by atoms with Gasteiger partial charge in [0.25, 0.3) is 5.91 Å². The van der Waals surface area contributed by atoms with Crippen molar-refractivity contribution in [3.8, 4) is 17.2 Å². The van der Waals surface area contributed by atoms with Crippen molar-refractivity contribution < 1.29 is 23.5 Å². The summed E-state index contributed by atoms with van der Waals surface area (Å²) in [7, 11) is 0. The number of ether oxygens (including phenoxy) is 2. The Morgan fingerprint density at radius 2 is 1.71 bits per heavy atom. The van der Waals surface area contributed by atoms with Crippen LogP contribution in [0.2, 0.25) is 0 Å². The molecule has 10 heteroatoms. The largest absolute Gasteiger partial charge is 0.484 e. The highest BCUT2D eigenvalue weighted by Gasteiger charge is 2.28. The van der Waals surface area contributed by atoms with Crippen molar-refractivity contribution in [3.05, 3.63) is 108 Å². The summed E-state index contributed by atoms with van der Waals surface area (Å²) in [6.45, 7) is 0.962. The molecule has 3 aromatic carbocycles. The van der Waals surface area contributed by atoms with Crippen molar-refractivity contribution in [1.29, 1.82) is 0 Å². The van der Waals surface area contributed by atoms with Crippen LogP contribution in [-0.2, 0) is 4.79 Å². The van der Waals surface area contributed by atoms with Gasteiger partial charge in [0, 0.05) is 31.4 Å². The van der Waals surface area contributed by atoms with Crippen LogP contribution in [0.3, 0.4) is 0 Å². The summed E-state index contributed by atoms with van der Waals surface area (Å²) in [4.78, 5) is 39.5. The zero-order chi connectivity index (χ0) is 28.2. The molecule has 1 fully saturated rings. The average molecular weight is 552 g/mol. The molecule has 0 radical (unpaired) electrons. The molecule has 0 bridgehead atoms. The molecule has 1 amide bonds. The summed E-state index contributed by atoms with van der Waals surface area (Å²) < 4.78 is 26.4. The molecule has 2 N–H and O–H groups in total. The lowest BCUT2D eigenvalue weighted by Crippen LogP contribution is -2.35. The molecule has 1 aliphatic rings. The molecule has 206 valence electrons. The average Bonchev–Trinajstić information content (AvgIpc) is 3.65. The lowest BCUT2D eigenvalue weighted by Gasteiger charge is -2.18. The number of rotatable bonds is 9. The molecule has 1 aliphatic heterocycles. The highest BCUT2D eigenvalue weighted by molar-refractivity contribution is 6.18. The number of hydrogen-bond donors (Lipinski definition) is 2. The van der Waals surface area contributed by atoms with Crippen LogP contribution in [0.4, 0.5) is 10.2 Å². The van der Waals surface area contributed by atoms with E-state index in [2.05, 4.69) is 20.3 Å². The minimum atomic E-state index is -0.702. The van der Waals surface area contributed by atoms with Crippen LogP contribution in [0.15, 0.2) is 91.4 Å². The number of carbonyl (C=O) groups is 2. The number of likely N-dealkylation sites (tertiary alicyclic amines) is 1. The van der Waals surface area contributed by atoms with Gasteiger partial charge in [0.05, 0.1) is 16.5 Å². The smallest absolute Gasteiger partial charge is 0.260 e. The lowest BCUT2D eigenvalue weighted by molar-refractivity contribution is -0.132. The number of hydrogen-bond acceptors (Lipinski definition) is 7. The summed E-state index contributed by atoms with van der Waals surface area (Å²) in [5, 5.41) is 3.81. The number of halogens is 1. The molecule has 0 saturated carbocycles. The third-order valence-electron chi connectivity index (χ3n) is 6.87. The highest BCUT2D eigenvalue weighted by Crippen LogP contribution is 2.30. The zero-order valence-electron chi connectivity index (χ0n) is 21.9. The van der Waals surface area contributed by atoms with Crippen molar-refractivity contribution >= 4 is 28.5 Å². The number of amides is 1. The predicted molar refractivity (Wildman–Crippen MR) is 151 cm³/mol. The van der Waals surface area contributed by atoms with Crippen molar-refractivity contribution in [1.82, 2.24) is 19.9 Å². The summed E-state index contributed by atoms with van der Waals surface area (Å²) in [5.41, 5.74) is 0.579. The number of ketones is 1. The van der Waals surface area contributed by atoms with E-state index in [1.165, 1.54) is 24.7 Å². The van der Waals surface area contributed by atoms with Crippen LogP contribution in [0.5, 0.6) is 17.2 Å². The van der Waals surface area contributed by atoms with Gasteiger partial charge in [0.15, 0.2) is 12.4 Å². The van der Waals surface area contributed by atoms with Crippen LogP contribution in [0.25, 0.3) is 11.0 Å². The molecular formula is C31H26FN5O4. The van der Waals surface area contributed by atoms with Crippen molar-refractivity contribution in [2.75, 3.05) is 25.0 Å². The molecule has 1 unspecified atom stereocenters. The fraction of sp³-hybridized carbons (Fsp3) is 0.161. The van der Waals surface area contributed by atoms with Crippen LogP contribution in [-0.4, -0.2) is 57.3 Å². The number of carbonyl (C=O) groups excluding carboxylic acids is 2. The second kappa shape index (κ2) is 11.5. The first-order chi connectivity index (χ1) is 20.0. The van der Waals surface area contributed by atoms with Gasteiger partial charge in [0.1, 0.15) is 40.9 Å². The minimum Gasteiger partial charge on any atom is -0.484 e. The first-order valence-electron chi connectivity index (χ1n) is 13.2. The fourth-order valence-electron chi connectivity index (χ4n) is 4.82. The molecule has 1 saturated heterocycles. The topological polar surface area (TPSA) is 109 Å². The molecule has 0 spiro atoms. The number of nitrogens with zero attached hydrogens (tertiary/aromatic N) is 3. The Balaban J connectivity index is 1.16. The quantitative estimate of drug-likeness (QED) is 0.242. The van der Waals surface area contributed by atoms with Gasteiger partial charge in [-0.1, -0.05) is 36.4 Å². The molecular weight excluding hydrogens is 525 g/mol. The third-order valence-corrected chi connectivity index (χ3v) is 6.87. The number of para-hydroxylation sites is 2. The maximum absolute atomic E-state index is 15.1. The van der Waals surface area contributed by atoms with E-state index in [0.29, 0.717) is 47.9 Å². The van der Waals surface area contributed by atoms with Crippen LogP contribution in [0, 0.1) is 5.82 Å². The minimum absolute atomic E-state index is 0.0499. The first-order valence-corrected chi connectivity index (χ1v) is 13.2. The van der Waals surface area contributed by atoms with Crippen LogP contribution >= 0.6 is 0 Å². The van der Waals surface area contributed by atoms with E-state index in [1.54, 1.807) is 35.2 Å². The molecule has 5 aromatic rings. The van der Waals surface area contributed by atoms with Crippen LogP contribution in [0.1, 0.15) is 22.3 Å². The molecule has 41 heavy (non-hydrogen) atoms. The number of fused-ring (bicyclic) bond motifs is 1. The van der Waals surface area contributed by atoms with Crippen molar-refractivity contribution in [2.45, 2.75) is 12.5 Å². The van der Waals surface area contributed by atoms with E-state index in [9.17, 15) is 9.59 Å². The van der Waals surface area contributed by atoms with Crippen molar-refractivity contribution in [2.24, 2.45) is 0 Å². The fourth-order valence-corrected chi connectivity index (χ4v) is 4.82. The number of benzene rings is 3. The van der Waals surface area contributed by atoms with Gasteiger partial charge >= 0.3 is 0 Å². The van der Waals surface area contributed by atoms with Gasteiger partial charge in [-0.25, -0.2) is 14.4 Å². The van der Waals surface area contributed by atoms with E-state index < -0.39 is 11.6 Å². The van der Waals surface area contributed by atoms with E-state index >= 15 is 4.39 Å². The Morgan fingerprint density at radius 3 is 2.46 bits per heavy atom. The summed E-state index contributed by atoms with van der Waals surface area (Å²) in [5.74, 6) is 0.585. The van der Waals surface area contributed by atoms with Gasteiger partial charge < -0.3 is 24.7 Å². The van der Waals surface area contributed by atoms with Crippen molar-refractivity contribution in [3.63, 3.8) is 0 Å². The molecule has 3 heterocycles. The molecule has 1 atom stereocenters. The molecule has 9 nitrogen and oxygen atoms in total. The normalized spacial score (nSPS) is 14.7. The second-order valence-corrected chi connectivity index (χ2v) is 9.61. The van der Waals surface area contributed by atoms with Gasteiger partial charge in [-0.15, -0.1) is 0 Å². The number of H-pyrrole nitrogens is 1. The Kier molecular flexibility index (Phi) is 7.27. The Labute approximate surface area is 235 Å². The Bertz CT molecular complexity index is 1690. The Hall–Kier alpha value is -5.25. The number of nitrogens with one attached hydrogen (secondary N) is 2. The van der Waals surface area contributed by atoms with Gasteiger partial charge in [-0.3, -0.25) is 9.59 Å². The highest BCUT2D eigenvalue weighted by atomic mass is 19.1. The van der Waals surface area contributed by atoms with Gasteiger partial charge in [0.2, 0.25) is 0 Å². The number of anilines is 1. The third kappa shape index (κ3) is 5.72. The summed E-state index contributed by atoms with van der Waals surface area (Å²) >= 11 is 0. The SMILES string of the molecule is O=C(c1ccc(Oc2ccccc2)cc1F)c1c[nH]c2ncnc(NC3CCN(C(=O)COc4ccccc4)C3)c12. The standard InChI is InChI=1S/C31H26FN5O4/c32-26-15-23(41-22-9-5-2-6-10-22)11-12-24(26)29(39)25-16-33-30-28(25)31(35-19-34-30)36-20-13-14-37(17-20)27(38)18-40-21-7-3-1-4-8-21/h1-12,15-16,19-20H,13-14,17-18H2,(H2,33,34,35,36). The number of aromatic nitrogens is 3. The predicted octanol–water partition coefficient (Wildman–Crippen LogP) is 5.21. The zero-order valence-corrected chi connectivity index (χ0v) is 21.9. The summed E-state index contributed by atoms with van der Waals surface area (Å²) in [6.07, 6.45) is 3.58. The van der Waals surface area contributed by atoms with E-state index in [0.717, 1.165) is 0 Å². The second-order valence-electron chi connectivity index (χ2n) is 9.61. The summed E-state index contributed by atoms with van der Waals surface area (Å²) in [6, 6.07) is 22.2. The Morgan fingerprint density at radius 1 is 0.951 bits per heavy atom. The van der Waals surface area contributed by atoms with E-state index in [4.69, 9.17) is 9.47 Å². The van der Waals surface area contributed by atoms with E-state index in [-0.39, 0.29) is 35.4 Å². The van der Waals surface area contributed by atoms with E-state index in [1.807, 2.05) is 36.4 Å². The monoisotopic (exact) mass is 551 g/mol. The lowest BCUT2D eigenvalue weighted by atomic mass is 10.0. The maximum atomic E-state index is 15.1. The maximum Gasteiger partial charge on any atom is 0.260 e. The number of aromatic amines is 1. The first kappa shape index (κ1) is 26.0. The van der Waals surface area contributed by atoms with Gasteiger partial charge in [-0.2, -0.15) is 0 Å². The molecule has 0 aliphatic carbocycles.